The van der Waals surface area contributed by atoms with E-state index >= 15 is 0 Å². The lowest BCUT2D eigenvalue weighted by Crippen LogP contribution is -2.51. The van der Waals surface area contributed by atoms with Crippen LogP contribution in [-0.4, -0.2) is 66.3 Å². The Morgan fingerprint density at radius 2 is 1.96 bits per heavy atom. The summed E-state index contributed by atoms with van der Waals surface area (Å²) in [7, 11) is 1.65. The van der Waals surface area contributed by atoms with Crippen LogP contribution < -0.4 is 0 Å². The van der Waals surface area contributed by atoms with Crippen LogP contribution >= 0.6 is 22.9 Å². The second-order valence-electron chi connectivity index (χ2n) is 6.53. The van der Waals surface area contributed by atoms with Gasteiger partial charge in [0.2, 0.25) is 5.91 Å². The van der Waals surface area contributed by atoms with E-state index in [1.165, 1.54) is 28.4 Å². The van der Waals surface area contributed by atoms with Crippen molar-refractivity contribution in [2.75, 3.05) is 39.8 Å². The maximum Gasteiger partial charge on any atom is 0.264 e. The standard InChI is InChI=1S/C19H21ClFN3O2S/c1-22(19(26)17-3-2-10-27-17)13-18(25)24-8-6-23(7-9-24)12-14-4-5-15(21)11-16(14)20/h2-5,10-11H,6-9,12-13H2,1H3. The molecule has 0 bridgehead atoms. The van der Waals surface area contributed by atoms with Crippen LogP contribution in [0.2, 0.25) is 5.02 Å². The van der Waals surface area contributed by atoms with Gasteiger partial charge in [0.05, 0.1) is 11.4 Å². The summed E-state index contributed by atoms with van der Waals surface area (Å²) < 4.78 is 13.1. The number of amides is 2. The minimum atomic E-state index is -0.347. The summed E-state index contributed by atoms with van der Waals surface area (Å²) in [5, 5.41) is 2.26. The van der Waals surface area contributed by atoms with Gasteiger partial charge in [0.1, 0.15) is 5.82 Å². The molecule has 0 saturated carbocycles. The Morgan fingerprint density at radius 3 is 2.59 bits per heavy atom. The first-order valence-corrected chi connectivity index (χ1v) is 9.93. The van der Waals surface area contributed by atoms with Crippen LogP contribution in [0.1, 0.15) is 15.2 Å². The van der Waals surface area contributed by atoms with Crippen LogP contribution in [-0.2, 0) is 11.3 Å². The summed E-state index contributed by atoms with van der Waals surface area (Å²) >= 11 is 7.46. The maximum atomic E-state index is 13.1. The average molecular weight is 410 g/mol. The number of piperazine rings is 1. The predicted molar refractivity (Wildman–Crippen MR) is 105 cm³/mol. The van der Waals surface area contributed by atoms with Gasteiger partial charge in [-0.1, -0.05) is 23.7 Å². The molecule has 0 unspecified atom stereocenters. The van der Waals surface area contributed by atoms with Gasteiger partial charge in [0.15, 0.2) is 0 Å². The fourth-order valence-corrected chi connectivity index (χ4v) is 3.95. The van der Waals surface area contributed by atoms with Crippen LogP contribution in [0.3, 0.4) is 0 Å². The van der Waals surface area contributed by atoms with Crippen LogP contribution in [0.5, 0.6) is 0 Å². The quantitative estimate of drug-likeness (QED) is 0.762. The van der Waals surface area contributed by atoms with Gasteiger partial charge < -0.3 is 9.80 Å². The maximum absolute atomic E-state index is 13.1. The molecule has 8 heteroatoms. The number of likely N-dealkylation sites (N-methyl/N-ethyl adjacent to an activating group) is 1. The Balaban J connectivity index is 1.48. The van der Waals surface area contributed by atoms with Crippen molar-refractivity contribution >= 4 is 34.8 Å². The Labute approximate surface area is 166 Å². The second-order valence-corrected chi connectivity index (χ2v) is 7.89. The number of halogens is 2. The molecule has 0 spiro atoms. The van der Waals surface area contributed by atoms with Gasteiger partial charge in [-0.15, -0.1) is 11.3 Å². The largest absolute Gasteiger partial charge is 0.339 e. The van der Waals surface area contributed by atoms with E-state index in [1.54, 1.807) is 24.1 Å². The number of carbonyl (C=O) groups is 2. The van der Waals surface area contributed by atoms with Gasteiger partial charge >= 0.3 is 0 Å². The molecule has 0 aliphatic carbocycles. The van der Waals surface area contributed by atoms with E-state index in [0.717, 1.165) is 5.56 Å². The first-order valence-electron chi connectivity index (χ1n) is 8.67. The lowest BCUT2D eigenvalue weighted by atomic mass is 10.2. The van der Waals surface area contributed by atoms with Crippen molar-refractivity contribution in [3.63, 3.8) is 0 Å². The summed E-state index contributed by atoms with van der Waals surface area (Å²) in [6, 6.07) is 7.99. The number of carbonyl (C=O) groups excluding carboxylic acids is 2. The molecule has 3 rings (SSSR count). The molecule has 1 aliphatic rings. The van der Waals surface area contributed by atoms with Crippen molar-refractivity contribution in [2.45, 2.75) is 6.54 Å². The molecule has 1 saturated heterocycles. The molecule has 27 heavy (non-hydrogen) atoms. The normalized spacial score (nSPS) is 15.0. The van der Waals surface area contributed by atoms with Crippen LogP contribution in [0.15, 0.2) is 35.7 Å². The number of nitrogens with zero attached hydrogens (tertiary/aromatic N) is 3. The minimum absolute atomic E-state index is 0.0538. The van der Waals surface area contributed by atoms with Crippen LogP contribution in [0, 0.1) is 5.82 Å². The average Bonchev–Trinajstić information content (AvgIpc) is 3.18. The zero-order chi connectivity index (χ0) is 19.4. The van der Waals surface area contributed by atoms with E-state index in [1.807, 2.05) is 11.4 Å². The zero-order valence-electron chi connectivity index (χ0n) is 15.0. The highest BCUT2D eigenvalue weighted by atomic mass is 35.5. The van der Waals surface area contributed by atoms with Crippen molar-refractivity contribution in [3.05, 3.63) is 57.0 Å². The molecule has 144 valence electrons. The highest BCUT2D eigenvalue weighted by Crippen LogP contribution is 2.20. The Kier molecular flexibility index (Phi) is 6.46. The highest BCUT2D eigenvalue weighted by molar-refractivity contribution is 7.12. The van der Waals surface area contributed by atoms with E-state index in [-0.39, 0.29) is 24.2 Å². The van der Waals surface area contributed by atoms with Gasteiger partial charge in [0, 0.05) is 44.8 Å². The number of hydrogen-bond acceptors (Lipinski definition) is 4. The molecule has 1 aromatic carbocycles. The van der Waals surface area contributed by atoms with Crippen molar-refractivity contribution in [1.82, 2.24) is 14.7 Å². The number of rotatable bonds is 5. The summed E-state index contributed by atoms with van der Waals surface area (Å²) in [5.74, 6) is -0.537. The van der Waals surface area contributed by atoms with E-state index in [9.17, 15) is 14.0 Å². The topological polar surface area (TPSA) is 43.9 Å². The molecule has 1 aromatic heterocycles. The van der Waals surface area contributed by atoms with Gasteiger partial charge in [0.25, 0.3) is 5.91 Å². The predicted octanol–water partition coefficient (Wildman–Crippen LogP) is 2.96. The molecule has 0 atom stereocenters. The lowest BCUT2D eigenvalue weighted by Gasteiger charge is -2.35. The van der Waals surface area contributed by atoms with E-state index < -0.39 is 0 Å². The third-order valence-corrected chi connectivity index (χ3v) is 5.79. The molecule has 1 aliphatic heterocycles. The van der Waals surface area contributed by atoms with Gasteiger partial charge in [-0.25, -0.2) is 4.39 Å². The van der Waals surface area contributed by atoms with Crippen LogP contribution in [0.4, 0.5) is 4.39 Å². The van der Waals surface area contributed by atoms with Crippen LogP contribution in [0.25, 0.3) is 0 Å². The van der Waals surface area contributed by atoms with Gasteiger partial charge in [-0.05, 0) is 29.1 Å². The molecule has 2 amide bonds. The molecule has 1 fully saturated rings. The summed E-state index contributed by atoms with van der Waals surface area (Å²) in [5.41, 5.74) is 0.874. The molecular formula is C19H21ClFN3O2S. The first-order chi connectivity index (χ1) is 12.9. The fourth-order valence-electron chi connectivity index (χ4n) is 3.01. The third kappa shape index (κ3) is 5.06. The molecule has 2 aromatic rings. The molecule has 2 heterocycles. The van der Waals surface area contributed by atoms with Crippen molar-refractivity contribution in [3.8, 4) is 0 Å². The van der Waals surface area contributed by atoms with Gasteiger partial charge in [-0.3, -0.25) is 14.5 Å². The fraction of sp³-hybridized carbons (Fsp3) is 0.368. The van der Waals surface area contributed by atoms with Gasteiger partial charge in [-0.2, -0.15) is 0 Å². The number of hydrogen-bond donors (Lipinski definition) is 0. The van der Waals surface area contributed by atoms with E-state index in [0.29, 0.717) is 42.6 Å². The molecule has 0 N–H and O–H groups in total. The van der Waals surface area contributed by atoms with E-state index in [4.69, 9.17) is 11.6 Å². The molecule has 0 radical (unpaired) electrons. The number of benzene rings is 1. The lowest BCUT2D eigenvalue weighted by molar-refractivity contribution is -0.133. The summed E-state index contributed by atoms with van der Waals surface area (Å²) in [4.78, 5) is 30.8. The number of thiophene rings is 1. The third-order valence-electron chi connectivity index (χ3n) is 4.59. The Bertz CT molecular complexity index is 807. The van der Waals surface area contributed by atoms with Crippen molar-refractivity contribution in [1.29, 1.82) is 0 Å². The smallest absolute Gasteiger partial charge is 0.264 e. The second kappa shape index (κ2) is 8.82. The zero-order valence-corrected chi connectivity index (χ0v) is 16.6. The SMILES string of the molecule is CN(CC(=O)N1CCN(Cc2ccc(F)cc2Cl)CC1)C(=O)c1cccs1. The van der Waals surface area contributed by atoms with Crippen molar-refractivity contribution in [2.24, 2.45) is 0 Å². The minimum Gasteiger partial charge on any atom is -0.339 e. The summed E-state index contributed by atoms with van der Waals surface area (Å²) in [6.45, 7) is 3.31. The monoisotopic (exact) mass is 409 g/mol. The molecular weight excluding hydrogens is 389 g/mol. The Hall–Kier alpha value is -1.96. The Morgan fingerprint density at radius 1 is 1.22 bits per heavy atom. The van der Waals surface area contributed by atoms with Crippen molar-refractivity contribution < 1.29 is 14.0 Å². The summed E-state index contributed by atoms with van der Waals surface area (Å²) in [6.07, 6.45) is 0. The first kappa shape index (κ1) is 19.8. The highest BCUT2D eigenvalue weighted by Gasteiger charge is 2.24. The molecule has 5 nitrogen and oxygen atoms in total. The van der Waals surface area contributed by atoms with E-state index in [2.05, 4.69) is 4.90 Å².